The van der Waals surface area contributed by atoms with Gasteiger partial charge >= 0.3 is 0 Å². The molecule has 0 amide bonds. The average molecular weight is 287 g/mol. The molecule has 2 rings (SSSR count). The molecule has 0 unspecified atom stereocenters. The number of fused-ring (bicyclic) bond motifs is 1. The van der Waals surface area contributed by atoms with Gasteiger partial charge in [0.1, 0.15) is 0 Å². The van der Waals surface area contributed by atoms with Gasteiger partial charge in [-0.25, -0.2) is 0 Å². The average Bonchev–Trinajstić information content (AvgIpc) is 2.56. The third-order valence-corrected chi connectivity index (χ3v) is 3.91. The van der Waals surface area contributed by atoms with Gasteiger partial charge in [-0.1, -0.05) is 33.6 Å². The van der Waals surface area contributed by atoms with E-state index in [-0.39, 0.29) is 0 Å². The molecule has 0 fully saturated rings. The van der Waals surface area contributed by atoms with Crippen LogP contribution in [0.5, 0.6) is 0 Å². The van der Waals surface area contributed by atoms with Crippen LogP contribution in [-0.4, -0.2) is 0 Å². The van der Waals surface area contributed by atoms with Crippen LogP contribution in [0.1, 0.15) is 11.1 Å². The Bertz CT molecular complexity index is 527. The molecule has 0 saturated heterocycles. The van der Waals surface area contributed by atoms with Crippen LogP contribution >= 0.6 is 38.9 Å². The minimum absolute atomic E-state index is 0.685. The molecule has 0 atom stereocenters. The number of hydrogen-bond acceptors (Lipinski definition) is 2. The van der Waals surface area contributed by atoms with Gasteiger partial charge in [-0.15, -0.1) is 11.3 Å². The first-order valence-corrected chi connectivity index (χ1v) is 6.25. The lowest BCUT2D eigenvalue weighted by Crippen LogP contribution is -1.84. The van der Waals surface area contributed by atoms with Crippen molar-refractivity contribution >= 4 is 49.0 Å². The molecule has 4 heteroatoms. The van der Waals surface area contributed by atoms with E-state index in [1.54, 1.807) is 0 Å². The summed E-state index contributed by atoms with van der Waals surface area (Å²) in [6, 6.07) is 7.88. The molecule has 0 aliphatic rings. The predicted octanol–water partition coefficient (Wildman–Crippen LogP) is 4.32. The summed E-state index contributed by atoms with van der Waals surface area (Å²) in [6.07, 6.45) is 0. The fourth-order valence-corrected chi connectivity index (χ4v) is 3.41. The van der Waals surface area contributed by atoms with Crippen LogP contribution < -0.4 is 0 Å². The maximum atomic E-state index is 8.92. The molecule has 0 aliphatic carbocycles. The summed E-state index contributed by atoms with van der Waals surface area (Å²) in [7, 11) is 0. The quantitative estimate of drug-likeness (QED) is 0.716. The van der Waals surface area contributed by atoms with Crippen molar-refractivity contribution in [3.63, 3.8) is 0 Å². The van der Waals surface area contributed by atoms with E-state index >= 15 is 0 Å². The van der Waals surface area contributed by atoms with Crippen molar-refractivity contribution in [1.82, 2.24) is 0 Å². The lowest BCUT2D eigenvalue weighted by molar-refractivity contribution is 1.42. The van der Waals surface area contributed by atoms with E-state index < -0.39 is 0 Å². The summed E-state index contributed by atoms with van der Waals surface area (Å²) in [6.45, 7) is 0. The van der Waals surface area contributed by atoms with Crippen molar-refractivity contribution in [3.8, 4) is 6.07 Å². The maximum Gasteiger partial charge on any atom is 0.0995 e. The SMILES string of the molecule is N#Cc1ccc2cc(Cl)sc2c1CBr. The first-order valence-electron chi connectivity index (χ1n) is 3.93. The first kappa shape index (κ1) is 9.97. The molecular weight excluding hydrogens is 282 g/mol. The first-order chi connectivity index (χ1) is 6.76. The Hall–Kier alpha value is -0.560. The number of halogens is 2. The second-order valence-electron chi connectivity index (χ2n) is 2.81. The number of nitriles is 1. The lowest BCUT2D eigenvalue weighted by atomic mass is 10.1. The van der Waals surface area contributed by atoms with E-state index in [1.807, 2.05) is 18.2 Å². The molecule has 70 valence electrons. The zero-order valence-corrected chi connectivity index (χ0v) is 10.2. The van der Waals surface area contributed by atoms with Crippen LogP contribution in [0, 0.1) is 11.3 Å². The molecule has 1 aromatic heterocycles. The summed E-state index contributed by atoms with van der Waals surface area (Å²) in [5, 5.41) is 10.7. The monoisotopic (exact) mass is 285 g/mol. The van der Waals surface area contributed by atoms with Crippen molar-refractivity contribution in [2.75, 3.05) is 0 Å². The Balaban J connectivity index is 2.84. The van der Waals surface area contributed by atoms with Crippen molar-refractivity contribution in [2.24, 2.45) is 0 Å². The summed E-state index contributed by atoms with van der Waals surface area (Å²) in [4.78, 5) is 0. The number of benzene rings is 1. The van der Waals surface area contributed by atoms with Crippen molar-refractivity contribution in [1.29, 1.82) is 5.26 Å². The van der Waals surface area contributed by atoms with E-state index in [9.17, 15) is 0 Å². The van der Waals surface area contributed by atoms with Crippen LogP contribution in [0.15, 0.2) is 18.2 Å². The Labute approximate surface area is 99.0 Å². The van der Waals surface area contributed by atoms with Crippen LogP contribution in [0.2, 0.25) is 4.34 Å². The number of nitrogens with zero attached hydrogens (tertiary/aromatic N) is 1. The van der Waals surface area contributed by atoms with E-state index in [0.29, 0.717) is 10.9 Å². The Morgan fingerprint density at radius 3 is 2.93 bits per heavy atom. The topological polar surface area (TPSA) is 23.8 Å². The molecule has 2 aromatic rings. The molecule has 0 N–H and O–H groups in total. The van der Waals surface area contributed by atoms with Crippen LogP contribution in [0.4, 0.5) is 0 Å². The zero-order chi connectivity index (χ0) is 10.1. The lowest BCUT2D eigenvalue weighted by Gasteiger charge is -2.00. The van der Waals surface area contributed by atoms with Gasteiger partial charge in [-0.2, -0.15) is 5.26 Å². The highest BCUT2D eigenvalue weighted by Gasteiger charge is 2.08. The molecule has 0 aliphatic heterocycles. The third kappa shape index (κ3) is 1.54. The molecule has 0 bridgehead atoms. The highest BCUT2D eigenvalue weighted by Crippen LogP contribution is 2.34. The minimum atomic E-state index is 0.685. The largest absolute Gasteiger partial charge is 0.192 e. The van der Waals surface area contributed by atoms with Crippen LogP contribution in [0.25, 0.3) is 10.1 Å². The van der Waals surface area contributed by atoms with Crippen LogP contribution in [-0.2, 0) is 5.33 Å². The normalized spacial score (nSPS) is 10.4. The molecule has 1 heterocycles. The molecule has 1 nitrogen and oxygen atoms in total. The van der Waals surface area contributed by atoms with E-state index in [4.69, 9.17) is 16.9 Å². The fourth-order valence-electron chi connectivity index (χ4n) is 1.37. The number of alkyl halides is 1. The van der Waals surface area contributed by atoms with Crippen LogP contribution in [0.3, 0.4) is 0 Å². The fraction of sp³-hybridized carbons (Fsp3) is 0.100. The zero-order valence-electron chi connectivity index (χ0n) is 7.05. The molecule has 0 spiro atoms. The summed E-state index contributed by atoms with van der Waals surface area (Å²) >= 11 is 10.8. The van der Waals surface area contributed by atoms with E-state index in [1.165, 1.54) is 11.3 Å². The standard InChI is InChI=1S/C10H5BrClNS/c11-4-8-7(5-13)2-1-6-3-9(12)14-10(6)8/h1-3H,4H2. The molecular formula is C10H5BrClNS. The molecule has 1 aromatic carbocycles. The van der Waals surface area contributed by atoms with Gasteiger partial charge in [-0.3, -0.25) is 0 Å². The Kier molecular flexibility index (Phi) is 2.78. The van der Waals surface area contributed by atoms with Gasteiger partial charge in [-0.05, 0) is 23.1 Å². The van der Waals surface area contributed by atoms with E-state index in [0.717, 1.165) is 20.0 Å². The van der Waals surface area contributed by atoms with Gasteiger partial charge < -0.3 is 0 Å². The van der Waals surface area contributed by atoms with Gasteiger partial charge in [0.05, 0.1) is 16.0 Å². The van der Waals surface area contributed by atoms with Crippen molar-refractivity contribution < 1.29 is 0 Å². The maximum absolute atomic E-state index is 8.92. The second kappa shape index (κ2) is 3.90. The van der Waals surface area contributed by atoms with E-state index in [2.05, 4.69) is 22.0 Å². The Morgan fingerprint density at radius 2 is 2.29 bits per heavy atom. The highest BCUT2D eigenvalue weighted by molar-refractivity contribution is 9.08. The molecule has 14 heavy (non-hydrogen) atoms. The second-order valence-corrected chi connectivity index (χ2v) is 5.05. The predicted molar refractivity (Wildman–Crippen MR) is 64.2 cm³/mol. The molecule has 0 saturated carbocycles. The van der Waals surface area contributed by atoms with Crippen molar-refractivity contribution in [3.05, 3.63) is 33.7 Å². The van der Waals surface area contributed by atoms with Crippen molar-refractivity contribution in [2.45, 2.75) is 5.33 Å². The number of rotatable bonds is 1. The summed E-state index contributed by atoms with van der Waals surface area (Å²) < 4.78 is 1.86. The summed E-state index contributed by atoms with van der Waals surface area (Å²) in [5.41, 5.74) is 1.75. The number of hydrogen-bond donors (Lipinski definition) is 0. The minimum Gasteiger partial charge on any atom is -0.192 e. The smallest absolute Gasteiger partial charge is 0.0995 e. The van der Waals surface area contributed by atoms with Gasteiger partial charge in [0.2, 0.25) is 0 Å². The third-order valence-electron chi connectivity index (χ3n) is 2.01. The highest BCUT2D eigenvalue weighted by atomic mass is 79.9. The Morgan fingerprint density at radius 1 is 1.50 bits per heavy atom. The number of thiophene rings is 1. The van der Waals surface area contributed by atoms with Gasteiger partial charge in [0.25, 0.3) is 0 Å². The van der Waals surface area contributed by atoms with Gasteiger partial charge in [0, 0.05) is 10.0 Å². The van der Waals surface area contributed by atoms with Gasteiger partial charge in [0.15, 0.2) is 0 Å². The molecule has 0 radical (unpaired) electrons. The summed E-state index contributed by atoms with van der Waals surface area (Å²) in [5.74, 6) is 0.